The van der Waals surface area contributed by atoms with Gasteiger partial charge in [-0.15, -0.1) is 0 Å². The van der Waals surface area contributed by atoms with Gasteiger partial charge in [0.15, 0.2) is 16.6 Å². The van der Waals surface area contributed by atoms with Gasteiger partial charge in [0, 0.05) is 6.54 Å². The lowest BCUT2D eigenvalue weighted by Gasteiger charge is -2.27. The summed E-state index contributed by atoms with van der Waals surface area (Å²) in [6.07, 6.45) is 5.03. The number of thiazole rings is 1. The molecule has 1 unspecified atom stereocenters. The third-order valence-corrected chi connectivity index (χ3v) is 7.02. The van der Waals surface area contributed by atoms with Crippen LogP contribution in [0.5, 0.6) is 0 Å². The van der Waals surface area contributed by atoms with Gasteiger partial charge in [-0.2, -0.15) is 9.97 Å². The first kappa shape index (κ1) is 22.3. The minimum Gasteiger partial charge on any atom is -0.462 e. The van der Waals surface area contributed by atoms with Crippen molar-refractivity contribution in [1.29, 1.82) is 0 Å². The van der Waals surface area contributed by atoms with Crippen molar-refractivity contribution in [3.05, 3.63) is 52.3 Å². The molecule has 3 aromatic heterocycles. The Labute approximate surface area is 201 Å². The highest BCUT2D eigenvalue weighted by Gasteiger charge is 2.23. The van der Waals surface area contributed by atoms with Gasteiger partial charge in [-0.3, -0.25) is 5.32 Å². The Morgan fingerprint density at radius 2 is 2.09 bits per heavy atom. The summed E-state index contributed by atoms with van der Waals surface area (Å²) >= 11 is 1.23. The minimum atomic E-state index is -0.373. The van der Waals surface area contributed by atoms with E-state index in [-0.39, 0.29) is 12.0 Å². The van der Waals surface area contributed by atoms with E-state index in [2.05, 4.69) is 56.8 Å². The normalized spacial score (nSPS) is 15.2. The van der Waals surface area contributed by atoms with E-state index >= 15 is 0 Å². The summed E-state index contributed by atoms with van der Waals surface area (Å²) in [5, 5.41) is 7.37. The molecule has 3 heterocycles. The topological polar surface area (TPSA) is 107 Å². The van der Waals surface area contributed by atoms with Crippen molar-refractivity contribution in [2.45, 2.75) is 52.6 Å². The summed E-state index contributed by atoms with van der Waals surface area (Å²) in [4.78, 5) is 31.1. The summed E-state index contributed by atoms with van der Waals surface area (Å²) < 4.78 is 7.17. The molecule has 0 fully saturated rings. The van der Waals surface area contributed by atoms with E-state index in [9.17, 15) is 4.79 Å². The summed E-state index contributed by atoms with van der Waals surface area (Å²) in [5.41, 5.74) is 4.78. The van der Waals surface area contributed by atoms with Crippen molar-refractivity contribution >= 4 is 45.4 Å². The summed E-state index contributed by atoms with van der Waals surface area (Å²) in [6, 6.07) is 8.74. The summed E-state index contributed by atoms with van der Waals surface area (Å²) in [5.74, 6) is 0.735. The second kappa shape index (κ2) is 9.38. The monoisotopic (exact) mass is 477 g/mol. The Kier molecular flexibility index (Phi) is 6.14. The van der Waals surface area contributed by atoms with Crippen molar-refractivity contribution in [2.24, 2.45) is 0 Å². The van der Waals surface area contributed by atoms with Crippen LogP contribution in [0.15, 0.2) is 30.6 Å². The number of hydrogen-bond acceptors (Lipinski definition) is 9. The molecule has 2 N–H and O–H groups in total. The molecule has 0 saturated heterocycles. The van der Waals surface area contributed by atoms with Gasteiger partial charge in [0.05, 0.1) is 24.7 Å². The van der Waals surface area contributed by atoms with Gasteiger partial charge in [-0.25, -0.2) is 14.8 Å². The fraction of sp³-hybridized carbons (Fsp3) is 0.375. The Morgan fingerprint density at radius 3 is 2.91 bits per heavy atom. The number of fused-ring (bicyclic) bond motifs is 2. The van der Waals surface area contributed by atoms with Crippen LogP contribution in [0.4, 0.5) is 16.9 Å². The predicted molar refractivity (Wildman–Crippen MR) is 133 cm³/mol. The number of anilines is 3. The summed E-state index contributed by atoms with van der Waals surface area (Å²) in [7, 11) is 0. The number of aromatic nitrogens is 5. The average molecular weight is 478 g/mol. The molecular weight excluding hydrogens is 450 g/mol. The molecule has 1 aliphatic carbocycles. The van der Waals surface area contributed by atoms with E-state index in [0.29, 0.717) is 33.9 Å². The van der Waals surface area contributed by atoms with Crippen LogP contribution in [-0.2, 0) is 17.7 Å². The maximum Gasteiger partial charge on any atom is 0.350 e. The lowest BCUT2D eigenvalue weighted by atomic mass is 9.88. The number of nitrogens with zero attached hydrogens (tertiary/aromatic N) is 5. The predicted octanol–water partition coefficient (Wildman–Crippen LogP) is 5.02. The van der Waals surface area contributed by atoms with Crippen LogP contribution < -0.4 is 10.6 Å². The Morgan fingerprint density at radius 1 is 1.24 bits per heavy atom. The molecule has 0 spiro atoms. The van der Waals surface area contributed by atoms with Crippen LogP contribution in [0.2, 0.25) is 0 Å². The average Bonchev–Trinajstić information content (AvgIpc) is 3.42. The Balaban J connectivity index is 1.50. The van der Waals surface area contributed by atoms with Gasteiger partial charge in [0.2, 0.25) is 5.95 Å². The highest BCUT2D eigenvalue weighted by molar-refractivity contribution is 7.17. The Bertz CT molecular complexity index is 1350. The lowest BCUT2D eigenvalue weighted by molar-refractivity contribution is 0.0531. The quantitative estimate of drug-likeness (QED) is 0.357. The fourth-order valence-electron chi connectivity index (χ4n) is 4.38. The number of carbonyl (C=O) groups excluding carboxylic acids is 1. The standard InChI is InChI=1S/C24H27N7O2S/c1-4-31-13-25-20-18(31)21(27-17-12-8-10-15-9-6-7-11-16(15)17)29-23(28-20)30-24-26-14(3)19(34-24)22(32)33-5-2/h6-7,9,11,13,17H,4-5,8,10,12H2,1-3H3,(H2,26,27,28,29,30). The second-order valence-corrected chi connectivity index (χ2v) is 9.16. The van der Waals surface area contributed by atoms with Crippen LogP contribution in [0, 0.1) is 6.92 Å². The SMILES string of the molecule is CCOC(=O)c1sc(Nc2nc(NC3CCCc4ccccc43)c3c(ncn3CC)n2)nc1C. The molecule has 0 amide bonds. The maximum absolute atomic E-state index is 12.2. The number of benzene rings is 1. The van der Waals surface area contributed by atoms with Crippen molar-refractivity contribution in [3.63, 3.8) is 0 Å². The molecule has 1 aromatic carbocycles. The molecule has 0 bridgehead atoms. The number of aryl methyl sites for hydroxylation is 3. The van der Waals surface area contributed by atoms with Crippen molar-refractivity contribution < 1.29 is 9.53 Å². The van der Waals surface area contributed by atoms with Crippen molar-refractivity contribution in [2.75, 3.05) is 17.2 Å². The third-order valence-electron chi connectivity index (χ3n) is 5.97. The van der Waals surface area contributed by atoms with Gasteiger partial charge >= 0.3 is 5.97 Å². The number of nitrogens with one attached hydrogen (secondary N) is 2. The van der Waals surface area contributed by atoms with Gasteiger partial charge < -0.3 is 14.6 Å². The number of rotatable bonds is 7. The van der Waals surface area contributed by atoms with E-state index in [0.717, 1.165) is 37.1 Å². The molecule has 5 rings (SSSR count). The van der Waals surface area contributed by atoms with Gasteiger partial charge in [0.1, 0.15) is 10.4 Å². The number of carbonyl (C=O) groups is 1. The zero-order valence-electron chi connectivity index (χ0n) is 19.5. The number of imidazole rings is 1. The molecule has 4 aromatic rings. The van der Waals surface area contributed by atoms with Crippen LogP contribution in [0.25, 0.3) is 11.2 Å². The molecular formula is C24H27N7O2S. The number of ether oxygens (including phenoxy) is 1. The molecule has 0 aliphatic heterocycles. The van der Waals surface area contributed by atoms with Gasteiger partial charge in [-0.1, -0.05) is 35.6 Å². The zero-order chi connectivity index (χ0) is 23.7. The molecule has 176 valence electrons. The highest BCUT2D eigenvalue weighted by atomic mass is 32.1. The number of hydrogen-bond donors (Lipinski definition) is 2. The Hall–Kier alpha value is -3.53. The van der Waals surface area contributed by atoms with Gasteiger partial charge in [0.25, 0.3) is 0 Å². The molecule has 34 heavy (non-hydrogen) atoms. The maximum atomic E-state index is 12.2. The first-order valence-electron chi connectivity index (χ1n) is 11.6. The molecule has 0 saturated carbocycles. The van der Waals surface area contributed by atoms with Crippen LogP contribution >= 0.6 is 11.3 Å². The lowest BCUT2D eigenvalue weighted by Crippen LogP contribution is -2.19. The third kappa shape index (κ3) is 4.21. The molecule has 1 atom stereocenters. The van der Waals surface area contributed by atoms with Crippen molar-refractivity contribution in [3.8, 4) is 0 Å². The number of esters is 1. The smallest absolute Gasteiger partial charge is 0.350 e. The van der Waals surface area contributed by atoms with E-state index in [1.54, 1.807) is 20.2 Å². The van der Waals surface area contributed by atoms with E-state index < -0.39 is 0 Å². The fourth-order valence-corrected chi connectivity index (χ4v) is 5.23. The first-order valence-corrected chi connectivity index (χ1v) is 12.4. The molecule has 1 aliphatic rings. The minimum absolute atomic E-state index is 0.161. The zero-order valence-corrected chi connectivity index (χ0v) is 20.3. The van der Waals surface area contributed by atoms with Crippen LogP contribution in [0.1, 0.15) is 59.2 Å². The van der Waals surface area contributed by atoms with Gasteiger partial charge in [-0.05, 0) is 51.2 Å². The summed E-state index contributed by atoms with van der Waals surface area (Å²) in [6.45, 7) is 6.72. The van der Waals surface area contributed by atoms with E-state index in [1.165, 1.54) is 22.5 Å². The highest BCUT2D eigenvalue weighted by Crippen LogP contribution is 2.34. The largest absolute Gasteiger partial charge is 0.462 e. The van der Waals surface area contributed by atoms with Crippen LogP contribution in [-0.4, -0.2) is 37.1 Å². The first-order chi connectivity index (χ1) is 16.6. The van der Waals surface area contributed by atoms with E-state index in [4.69, 9.17) is 9.72 Å². The molecule has 9 nitrogen and oxygen atoms in total. The second-order valence-electron chi connectivity index (χ2n) is 8.17. The molecule has 0 radical (unpaired) electrons. The van der Waals surface area contributed by atoms with Crippen LogP contribution in [0.3, 0.4) is 0 Å². The van der Waals surface area contributed by atoms with Crippen molar-refractivity contribution in [1.82, 2.24) is 24.5 Å². The van der Waals surface area contributed by atoms with E-state index in [1.807, 2.05) is 4.57 Å². The molecule has 10 heteroatoms.